The van der Waals surface area contributed by atoms with E-state index in [-0.39, 0.29) is 5.60 Å². The van der Waals surface area contributed by atoms with Crippen molar-refractivity contribution in [3.8, 4) is 0 Å². The van der Waals surface area contributed by atoms with E-state index in [0.717, 1.165) is 70.8 Å². The van der Waals surface area contributed by atoms with E-state index in [1.807, 2.05) is 0 Å². The maximum atomic E-state index is 12.8. The minimum atomic E-state index is -0.000793. The second-order valence-electron chi connectivity index (χ2n) is 9.87. The Bertz CT molecular complexity index is 688. The fraction of sp³-hybridized carbons (Fsp3) is 0.720. The molecule has 1 aromatic carbocycles. The van der Waals surface area contributed by atoms with Crippen molar-refractivity contribution < 1.29 is 9.53 Å². The molecule has 2 aliphatic carbocycles. The Morgan fingerprint density at radius 3 is 2.41 bits per heavy atom. The van der Waals surface area contributed by atoms with Gasteiger partial charge < -0.3 is 9.64 Å². The fourth-order valence-corrected chi connectivity index (χ4v) is 5.96. The molecule has 4 fully saturated rings. The lowest BCUT2D eigenvalue weighted by molar-refractivity contribution is -0.152. The van der Waals surface area contributed by atoms with Crippen LogP contribution in [0.25, 0.3) is 0 Å². The zero-order valence-corrected chi connectivity index (χ0v) is 17.7. The highest BCUT2D eigenvalue weighted by Crippen LogP contribution is 2.41. The van der Waals surface area contributed by atoms with Gasteiger partial charge in [0, 0.05) is 44.2 Å². The van der Waals surface area contributed by atoms with Crippen LogP contribution in [0.2, 0.25) is 0 Å². The molecule has 29 heavy (non-hydrogen) atoms. The van der Waals surface area contributed by atoms with Crippen LogP contribution in [0.15, 0.2) is 30.3 Å². The number of amides is 1. The van der Waals surface area contributed by atoms with Crippen LogP contribution in [-0.4, -0.2) is 53.1 Å². The molecule has 2 heterocycles. The molecule has 1 atom stereocenters. The number of piperidine rings is 1. The summed E-state index contributed by atoms with van der Waals surface area (Å²) in [6.45, 7) is 3.73. The van der Waals surface area contributed by atoms with Crippen LogP contribution in [0.1, 0.15) is 69.8 Å². The molecule has 4 aliphatic rings. The van der Waals surface area contributed by atoms with Crippen LogP contribution in [-0.2, 0) is 16.1 Å². The molecular weight excluding hydrogens is 360 g/mol. The number of ether oxygens (including phenoxy) is 1. The first-order chi connectivity index (χ1) is 14.2. The van der Waals surface area contributed by atoms with E-state index in [2.05, 4.69) is 40.1 Å². The maximum Gasteiger partial charge on any atom is 0.225 e. The van der Waals surface area contributed by atoms with Gasteiger partial charge in [-0.15, -0.1) is 0 Å². The molecule has 5 rings (SSSR count). The summed E-state index contributed by atoms with van der Waals surface area (Å²) in [4.78, 5) is 17.7. The molecule has 4 heteroatoms. The van der Waals surface area contributed by atoms with Crippen LogP contribution < -0.4 is 0 Å². The highest BCUT2D eigenvalue weighted by atomic mass is 16.5. The Balaban J connectivity index is 1.21. The third-order valence-electron chi connectivity index (χ3n) is 7.85. The minimum Gasteiger partial charge on any atom is -0.375 e. The van der Waals surface area contributed by atoms with E-state index in [1.165, 1.54) is 31.2 Å². The summed E-state index contributed by atoms with van der Waals surface area (Å²) in [6.07, 6.45) is 11.7. The van der Waals surface area contributed by atoms with E-state index in [9.17, 15) is 4.79 Å². The number of hydrogen-bond acceptors (Lipinski definition) is 3. The first-order valence-electron chi connectivity index (χ1n) is 11.9. The minimum absolute atomic E-state index is 0.000793. The van der Waals surface area contributed by atoms with Crippen LogP contribution in [0, 0.1) is 5.92 Å². The monoisotopic (exact) mass is 396 g/mol. The average Bonchev–Trinajstić information content (AvgIpc) is 3.45. The molecule has 0 N–H and O–H groups in total. The van der Waals surface area contributed by atoms with Crippen molar-refractivity contribution in [2.75, 3.05) is 19.7 Å². The number of hydrogen-bond donors (Lipinski definition) is 0. The van der Waals surface area contributed by atoms with Crippen LogP contribution in [0.5, 0.6) is 0 Å². The van der Waals surface area contributed by atoms with Crippen molar-refractivity contribution in [1.82, 2.24) is 9.80 Å². The smallest absolute Gasteiger partial charge is 0.225 e. The molecule has 0 bridgehead atoms. The second-order valence-corrected chi connectivity index (χ2v) is 9.87. The van der Waals surface area contributed by atoms with Gasteiger partial charge in [-0.05, 0) is 56.9 Å². The molecule has 2 saturated heterocycles. The largest absolute Gasteiger partial charge is 0.375 e. The number of benzene rings is 1. The zero-order valence-electron chi connectivity index (χ0n) is 17.7. The lowest BCUT2D eigenvalue weighted by Crippen LogP contribution is -2.55. The summed E-state index contributed by atoms with van der Waals surface area (Å²) in [5, 5.41) is 0. The number of carbonyl (C=O) groups is 1. The van der Waals surface area contributed by atoms with E-state index in [1.54, 1.807) is 0 Å². The lowest BCUT2D eigenvalue weighted by Gasteiger charge is -2.49. The van der Waals surface area contributed by atoms with Crippen molar-refractivity contribution in [3.63, 3.8) is 0 Å². The number of likely N-dealkylation sites (tertiary alicyclic amines) is 1. The van der Waals surface area contributed by atoms with Crippen molar-refractivity contribution in [1.29, 1.82) is 0 Å². The molecule has 1 spiro atoms. The van der Waals surface area contributed by atoms with Gasteiger partial charge in [-0.2, -0.15) is 0 Å². The summed E-state index contributed by atoms with van der Waals surface area (Å²) in [6, 6.07) is 12.3. The molecule has 1 aromatic rings. The van der Waals surface area contributed by atoms with Crippen molar-refractivity contribution in [3.05, 3.63) is 35.9 Å². The van der Waals surface area contributed by atoms with Gasteiger partial charge in [-0.25, -0.2) is 0 Å². The van der Waals surface area contributed by atoms with Gasteiger partial charge in [-0.1, -0.05) is 43.2 Å². The number of carbonyl (C=O) groups excluding carboxylic acids is 1. The normalized spacial score (nSPS) is 27.6. The molecular formula is C25H36N2O2. The number of nitrogens with zero attached hydrogens (tertiary/aromatic N) is 2. The van der Waals surface area contributed by atoms with Crippen LogP contribution in [0.3, 0.4) is 0 Å². The molecule has 0 radical (unpaired) electrons. The van der Waals surface area contributed by atoms with Crippen LogP contribution >= 0.6 is 0 Å². The lowest BCUT2D eigenvalue weighted by atomic mass is 9.81. The molecule has 4 nitrogen and oxygen atoms in total. The quantitative estimate of drug-likeness (QED) is 0.740. The van der Waals surface area contributed by atoms with E-state index >= 15 is 0 Å². The molecule has 2 saturated carbocycles. The van der Waals surface area contributed by atoms with Crippen molar-refractivity contribution in [2.45, 2.75) is 88.4 Å². The van der Waals surface area contributed by atoms with E-state index in [4.69, 9.17) is 4.74 Å². The highest BCUT2D eigenvalue weighted by molar-refractivity contribution is 5.79. The summed E-state index contributed by atoms with van der Waals surface area (Å²) in [5.74, 6) is 0.730. The Kier molecular flexibility index (Phi) is 5.66. The molecule has 2 aliphatic heterocycles. The highest BCUT2D eigenvalue weighted by Gasteiger charge is 2.45. The van der Waals surface area contributed by atoms with Gasteiger partial charge in [0.15, 0.2) is 0 Å². The van der Waals surface area contributed by atoms with E-state index < -0.39 is 0 Å². The van der Waals surface area contributed by atoms with E-state index in [0.29, 0.717) is 17.9 Å². The third kappa shape index (κ3) is 4.39. The Morgan fingerprint density at radius 1 is 1.00 bits per heavy atom. The SMILES string of the molecule is O=C(C1CCCC1)N1CCC2(CC1)CC(N(Cc1ccccc1)C1CC1)CCO2. The topological polar surface area (TPSA) is 32.8 Å². The Labute approximate surface area is 175 Å². The molecule has 0 aromatic heterocycles. The van der Waals surface area contributed by atoms with Gasteiger partial charge in [0.25, 0.3) is 0 Å². The summed E-state index contributed by atoms with van der Waals surface area (Å²) >= 11 is 0. The van der Waals surface area contributed by atoms with Crippen molar-refractivity contribution >= 4 is 5.91 Å². The van der Waals surface area contributed by atoms with Gasteiger partial charge in [0.05, 0.1) is 5.60 Å². The van der Waals surface area contributed by atoms with Gasteiger partial charge in [-0.3, -0.25) is 9.69 Å². The second kappa shape index (κ2) is 8.39. The van der Waals surface area contributed by atoms with Gasteiger partial charge >= 0.3 is 0 Å². The first-order valence-corrected chi connectivity index (χ1v) is 11.9. The zero-order chi connectivity index (χ0) is 19.7. The Hall–Kier alpha value is -1.39. The predicted molar refractivity (Wildman–Crippen MR) is 114 cm³/mol. The first kappa shape index (κ1) is 19.6. The maximum absolute atomic E-state index is 12.8. The van der Waals surface area contributed by atoms with Crippen LogP contribution in [0.4, 0.5) is 0 Å². The number of rotatable bonds is 5. The standard InChI is InChI=1S/C25H36N2O2/c28-24(21-8-4-5-9-21)26-15-13-25(14-16-26)18-23(12-17-29-25)27(22-10-11-22)19-20-6-2-1-3-7-20/h1-3,6-7,21-23H,4-5,8-19H2. The summed E-state index contributed by atoms with van der Waals surface area (Å²) in [5.41, 5.74) is 1.43. The Morgan fingerprint density at radius 2 is 1.72 bits per heavy atom. The molecule has 1 unspecified atom stereocenters. The summed E-state index contributed by atoms with van der Waals surface area (Å²) < 4.78 is 6.43. The predicted octanol–water partition coefficient (Wildman–Crippen LogP) is 4.38. The van der Waals surface area contributed by atoms with Crippen molar-refractivity contribution in [2.24, 2.45) is 5.92 Å². The fourth-order valence-electron chi connectivity index (χ4n) is 5.96. The van der Waals surface area contributed by atoms with Gasteiger partial charge in [0.2, 0.25) is 5.91 Å². The molecule has 158 valence electrons. The molecule has 1 amide bonds. The average molecular weight is 397 g/mol. The van der Waals surface area contributed by atoms with Gasteiger partial charge in [0.1, 0.15) is 0 Å². The third-order valence-corrected chi connectivity index (χ3v) is 7.85. The summed E-state index contributed by atoms with van der Waals surface area (Å²) in [7, 11) is 0.